The summed E-state index contributed by atoms with van der Waals surface area (Å²) in [6.07, 6.45) is 3.42. The Morgan fingerprint density at radius 3 is 0.784 bits per heavy atom. The van der Waals surface area contributed by atoms with Gasteiger partial charge in [0.05, 0.1) is 0 Å². The zero-order chi connectivity index (χ0) is 26.0. The molecule has 4 aromatic rings. The highest BCUT2D eigenvalue weighted by Gasteiger charge is 2.18. The van der Waals surface area contributed by atoms with Gasteiger partial charge in [0.1, 0.15) is 23.0 Å². The van der Waals surface area contributed by atoms with Gasteiger partial charge in [-0.2, -0.15) is 0 Å². The molecule has 0 bridgehead atoms. The lowest BCUT2D eigenvalue weighted by Crippen LogP contribution is -2.17. The molecule has 10 heteroatoms. The molecule has 0 radical (unpaired) electrons. The van der Waals surface area contributed by atoms with Crippen molar-refractivity contribution in [2.75, 3.05) is 12.3 Å². The summed E-state index contributed by atoms with van der Waals surface area (Å²) < 4.78 is 22.2. The Bertz CT molecular complexity index is 1050. The quantitative estimate of drug-likeness (QED) is 0.174. The minimum atomic E-state index is -0.479. The van der Waals surface area contributed by atoms with Crippen LogP contribution in [0.1, 0.15) is 6.42 Å². The van der Waals surface area contributed by atoms with Crippen LogP contribution in [-0.2, 0) is 0 Å². The minimum absolute atomic E-state index is 0.479. The van der Waals surface area contributed by atoms with Crippen LogP contribution in [0, 0.1) is 0 Å². The lowest BCUT2D eigenvalue weighted by atomic mass is 10.3. The van der Waals surface area contributed by atoms with E-state index in [4.69, 9.17) is 17.7 Å². The third-order valence-corrected chi connectivity index (χ3v) is 13.4. The predicted molar refractivity (Wildman–Crippen MR) is 175 cm³/mol. The summed E-state index contributed by atoms with van der Waals surface area (Å²) in [4.78, 5) is 0. The van der Waals surface area contributed by atoms with Gasteiger partial charge in [-0.25, -0.2) is 0 Å². The Morgan fingerprint density at radius 1 is 0.378 bits per heavy atom. The van der Waals surface area contributed by atoms with Gasteiger partial charge in [0.25, 0.3) is 0 Å². The first-order chi connectivity index (χ1) is 18.1. The van der Waals surface area contributed by atoms with E-state index < -0.39 is 15.8 Å². The fourth-order valence-corrected chi connectivity index (χ4v) is 10.2. The number of benzene rings is 4. The molecule has 4 rings (SSSR count). The molecule has 0 heterocycles. The van der Waals surface area contributed by atoms with Crippen molar-refractivity contribution in [3.63, 3.8) is 0 Å². The summed E-state index contributed by atoms with van der Waals surface area (Å²) in [5.41, 5.74) is 0. The van der Waals surface area contributed by atoms with Crippen molar-refractivity contribution in [3.05, 3.63) is 97.1 Å². The van der Waals surface area contributed by atoms with Crippen molar-refractivity contribution in [2.45, 2.75) is 6.42 Å². The molecule has 0 aliphatic rings. The molecule has 0 aromatic heterocycles. The molecule has 0 N–H and O–H groups in total. The maximum atomic E-state index is 5.55. The Hall–Kier alpha value is -2.19. The highest BCUT2D eigenvalue weighted by Crippen LogP contribution is 2.40. The van der Waals surface area contributed by atoms with Crippen molar-refractivity contribution in [3.8, 4) is 23.0 Å². The molecular formula is C27H34O4P2Si4. The second-order valence-corrected chi connectivity index (χ2v) is 14.8. The number of hydrogen-bond acceptors (Lipinski definition) is 4. The molecule has 0 aliphatic heterocycles. The lowest BCUT2D eigenvalue weighted by molar-refractivity contribution is 0.616. The number of rotatable bonds is 12. The summed E-state index contributed by atoms with van der Waals surface area (Å²) in [6, 6.07) is 34.9. The predicted octanol–water partition coefficient (Wildman–Crippen LogP) is 0.279. The van der Waals surface area contributed by atoms with Gasteiger partial charge < -0.3 is 17.7 Å². The van der Waals surface area contributed by atoms with Gasteiger partial charge in [-0.15, -0.1) is 0 Å². The van der Waals surface area contributed by atoms with Crippen molar-refractivity contribution in [2.24, 2.45) is 0 Å². The topological polar surface area (TPSA) is 36.9 Å². The van der Waals surface area contributed by atoms with Gasteiger partial charge in [-0.05, 0) is 104 Å². The fourth-order valence-electron chi connectivity index (χ4n) is 4.25. The van der Waals surface area contributed by atoms with Gasteiger partial charge in [-0.1, -0.05) is 48.5 Å². The van der Waals surface area contributed by atoms with Crippen LogP contribution in [0.5, 0.6) is 23.0 Å². The molecular weight excluding hydrogens is 563 g/mol. The van der Waals surface area contributed by atoms with Crippen molar-refractivity contribution in [1.29, 1.82) is 0 Å². The molecule has 0 saturated carbocycles. The van der Waals surface area contributed by atoms with Gasteiger partial charge >= 0.3 is 0 Å². The minimum Gasteiger partial charge on any atom is -0.553 e. The van der Waals surface area contributed by atoms with Crippen molar-refractivity contribution in [1.82, 2.24) is 0 Å². The SMILES string of the molecule is [SiH3]Oc1ccc(P(CCCP(c2ccc(O[SiH3])cc2)c2ccc(O[SiH3])cc2)c2ccc(O[SiH3])cc2)cc1. The average molecular weight is 597 g/mol. The molecule has 4 aromatic carbocycles. The fraction of sp³-hybridized carbons (Fsp3) is 0.111. The van der Waals surface area contributed by atoms with E-state index in [0.717, 1.165) is 41.7 Å². The second-order valence-electron chi connectivity index (χ2n) is 8.45. The van der Waals surface area contributed by atoms with E-state index in [-0.39, 0.29) is 0 Å². The van der Waals surface area contributed by atoms with E-state index in [1.165, 1.54) is 21.2 Å². The molecule has 0 unspecified atom stereocenters. The summed E-state index contributed by atoms with van der Waals surface area (Å²) in [5, 5.41) is 5.57. The van der Waals surface area contributed by atoms with E-state index in [1.807, 2.05) is 0 Å². The second kappa shape index (κ2) is 14.1. The molecule has 0 atom stereocenters. The molecule has 0 aliphatic carbocycles. The number of hydrogen-bond donors (Lipinski definition) is 0. The van der Waals surface area contributed by atoms with E-state index >= 15 is 0 Å². The van der Waals surface area contributed by atoms with Crippen LogP contribution in [-0.4, -0.2) is 54.3 Å². The van der Waals surface area contributed by atoms with Crippen LogP contribution in [0.25, 0.3) is 0 Å². The van der Waals surface area contributed by atoms with Crippen LogP contribution in [0.2, 0.25) is 0 Å². The zero-order valence-electron chi connectivity index (χ0n) is 21.9. The smallest absolute Gasteiger partial charge is 0.204 e. The van der Waals surface area contributed by atoms with Gasteiger partial charge in [0, 0.05) is 0 Å². The molecule has 192 valence electrons. The van der Waals surface area contributed by atoms with Crippen molar-refractivity contribution >= 4 is 79.0 Å². The van der Waals surface area contributed by atoms with E-state index in [0.29, 0.717) is 41.9 Å². The first kappa shape index (κ1) is 27.8. The van der Waals surface area contributed by atoms with Crippen LogP contribution >= 0.6 is 15.8 Å². The first-order valence-corrected chi connectivity index (χ1v) is 18.6. The normalized spacial score (nSPS) is 12.8. The molecule has 37 heavy (non-hydrogen) atoms. The lowest BCUT2D eigenvalue weighted by Gasteiger charge is -2.23. The third kappa shape index (κ3) is 7.44. The third-order valence-electron chi connectivity index (χ3n) is 6.30. The summed E-state index contributed by atoms with van der Waals surface area (Å²) in [6.45, 7) is 0. The summed E-state index contributed by atoms with van der Waals surface area (Å²) >= 11 is 0. The zero-order valence-corrected chi connectivity index (χ0v) is 31.7. The van der Waals surface area contributed by atoms with Crippen LogP contribution in [0.4, 0.5) is 0 Å². The standard InChI is InChI=1S/C27H34O4P2Si4/c34-28-20-2-10-24(11-3-20)32(25-12-4-21(29-35)5-13-25)18-1-19-33(26-14-6-22(30-36)7-15-26)27-16-8-23(31-37)9-17-27/h2-17H,1,18-19H2,34-37H3. The molecule has 4 nitrogen and oxygen atoms in total. The Morgan fingerprint density at radius 2 is 0.595 bits per heavy atom. The maximum Gasteiger partial charge on any atom is 0.204 e. The Kier molecular flexibility index (Phi) is 10.6. The summed E-state index contributed by atoms with van der Waals surface area (Å²) in [7, 11) is 1.86. The average Bonchev–Trinajstić information content (AvgIpc) is 2.98. The van der Waals surface area contributed by atoms with E-state index in [9.17, 15) is 0 Å². The molecule has 0 amide bonds. The Balaban J connectivity index is 1.58. The molecule has 0 fully saturated rings. The van der Waals surface area contributed by atoms with Crippen LogP contribution in [0.3, 0.4) is 0 Å². The van der Waals surface area contributed by atoms with Gasteiger partial charge in [-0.3, -0.25) is 0 Å². The molecule has 0 spiro atoms. The largest absolute Gasteiger partial charge is 0.553 e. The van der Waals surface area contributed by atoms with E-state index in [1.54, 1.807) is 0 Å². The van der Waals surface area contributed by atoms with E-state index in [2.05, 4.69) is 97.1 Å². The summed E-state index contributed by atoms with van der Waals surface area (Å²) in [5.74, 6) is 3.83. The monoisotopic (exact) mass is 596 g/mol. The first-order valence-electron chi connectivity index (χ1n) is 12.3. The van der Waals surface area contributed by atoms with Crippen LogP contribution < -0.4 is 38.9 Å². The highest BCUT2D eigenvalue weighted by molar-refractivity contribution is 7.74. The Labute approximate surface area is 234 Å². The van der Waals surface area contributed by atoms with Crippen LogP contribution in [0.15, 0.2) is 97.1 Å². The molecule has 0 saturated heterocycles. The van der Waals surface area contributed by atoms with Gasteiger partial charge in [0.2, 0.25) is 41.9 Å². The van der Waals surface area contributed by atoms with Crippen molar-refractivity contribution < 1.29 is 17.7 Å². The van der Waals surface area contributed by atoms with Gasteiger partial charge in [0.15, 0.2) is 0 Å². The highest BCUT2D eigenvalue weighted by atomic mass is 31.1. The maximum absolute atomic E-state index is 5.55.